The van der Waals surface area contributed by atoms with Crippen LogP contribution in [0.4, 0.5) is 0 Å². The van der Waals surface area contributed by atoms with E-state index in [4.69, 9.17) is 23.2 Å². The van der Waals surface area contributed by atoms with Crippen LogP contribution in [0, 0.1) is 0 Å². The molecule has 0 radical (unpaired) electrons. The largest absolute Gasteiger partial charge is 0.292 e. The summed E-state index contributed by atoms with van der Waals surface area (Å²) in [6.07, 6.45) is 4.53. The quantitative estimate of drug-likeness (QED) is 0.711. The molecule has 0 N–H and O–H groups in total. The highest BCUT2D eigenvalue weighted by Gasteiger charge is 2.20. The van der Waals surface area contributed by atoms with Crippen molar-refractivity contribution in [3.63, 3.8) is 0 Å². The summed E-state index contributed by atoms with van der Waals surface area (Å²) in [6.45, 7) is 6.23. The molecular formula is C15H15Cl2N5O. The minimum Gasteiger partial charge on any atom is -0.292 e. The van der Waals surface area contributed by atoms with Crippen LogP contribution in [-0.2, 0) is 12.1 Å². The van der Waals surface area contributed by atoms with E-state index in [0.717, 1.165) is 0 Å². The molecule has 0 aromatic carbocycles. The summed E-state index contributed by atoms with van der Waals surface area (Å²) >= 11 is 12.0. The fourth-order valence-electron chi connectivity index (χ4n) is 2.27. The molecule has 23 heavy (non-hydrogen) atoms. The first kappa shape index (κ1) is 16.0. The van der Waals surface area contributed by atoms with Gasteiger partial charge >= 0.3 is 0 Å². The second-order valence-corrected chi connectivity index (χ2v) is 7.07. The van der Waals surface area contributed by atoms with Crippen LogP contribution in [0.15, 0.2) is 29.6 Å². The molecule has 0 aliphatic heterocycles. The minimum atomic E-state index is -0.256. The number of hydrogen-bond acceptors (Lipinski definition) is 4. The monoisotopic (exact) mass is 351 g/mol. The SMILES string of the molecule is CC(C)(C)n1ncc2c(=O)n(Cc3ncc(Cl)cc3Cl)cnc21. The van der Waals surface area contributed by atoms with Crippen LogP contribution in [0.5, 0.6) is 0 Å². The highest BCUT2D eigenvalue weighted by atomic mass is 35.5. The van der Waals surface area contributed by atoms with E-state index < -0.39 is 0 Å². The number of aromatic nitrogens is 5. The van der Waals surface area contributed by atoms with Crippen molar-refractivity contribution < 1.29 is 0 Å². The molecule has 0 spiro atoms. The third-order valence-corrected chi connectivity index (χ3v) is 3.93. The van der Waals surface area contributed by atoms with Crippen LogP contribution in [0.2, 0.25) is 10.0 Å². The van der Waals surface area contributed by atoms with Gasteiger partial charge in [-0.25, -0.2) is 9.67 Å². The van der Waals surface area contributed by atoms with Gasteiger partial charge in [-0.15, -0.1) is 0 Å². The van der Waals surface area contributed by atoms with Crippen molar-refractivity contribution in [1.29, 1.82) is 0 Å². The van der Waals surface area contributed by atoms with Crippen molar-refractivity contribution >= 4 is 34.2 Å². The van der Waals surface area contributed by atoms with Gasteiger partial charge < -0.3 is 0 Å². The Morgan fingerprint density at radius 3 is 2.57 bits per heavy atom. The molecule has 8 heteroatoms. The maximum Gasteiger partial charge on any atom is 0.264 e. The summed E-state index contributed by atoms with van der Waals surface area (Å²) in [5, 5.41) is 5.61. The summed E-state index contributed by atoms with van der Waals surface area (Å²) in [5.74, 6) is 0. The number of halogens is 2. The van der Waals surface area contributed by atoms with Crippen molar-refractivity contribution in [3.8, 4) is 0 Å². The molecule has 3 rings (SSSR count). The molecule has 0 saturated heterocycles. The van der Waals surface area contributed by atoms with Crippen LogP contribution >= 0.6 is 23.2 Å². The Labute approximate surface area is 142 Å². The predicted octanol–water partition coefficient (Wildman–Crippen LogP) is 3.10. The molecule has 6 nitrogen and oxygen atoms in total. The molecule has 0 aliphatic rings. The Morgan fingerprint density at radius 2 is 1.91 bits per heavy atom. The van der Waals surface area contributed by atoms with Gasteiger partial charge in [0.2, 0.25) is 0 Å². The molecule has 0 saturated carbocycles. The average Bonchev–Trinajstić information content (AvgIpc) is 2.89. The van der Waals surface area contributed by atoms with Gasteiger partial charge in [0.25, 0.3) is 5.56 Å². The second-order valence-electron chi connectivity index (χ2n) is 6.22. The molecule has 3 aromatic rings. The van der Waals surface area contributed by atoms with E-state index in [9.17, 15) is 4.79 Å². The zero-order valence-corrected chi connectivity index (χ0v) is 14.4. The van der Waals surface area contributed by atoms with Crippen LogP contribution < -0.4 is 5.56 Å². The Balaban J connectivity index is 2.07. The van der Waals surface area contributed by atoms with E-state index in [1.54, 1.807) is 16.9 Å². The molecule has 120 valence electrons. The first-order valence-electron chi connectivity index (χ1n) is 7.01. The smallest absolute Gasteiger partial charge is 0.264 e. The van der Waals surface area contributed by atoms with Gasteiger partial charge in [0.15, 0.2) is 5.65 Å². The summed E-state index contributed by atoms with van der Waals surface area (Å²) in [6, 6.07) is 1.60. The topological polar surface area (TPSA) is 65.6 Å². The Morgan fingerprint density at radius 1 is 1.17 bits per heavy atom. The van der Waals surface area contributed by atoms with Gasteiger partial charge in [-0.05, 0) is 26.8 Å². The molecule has 0 atom stereocenters. The fourth-order valence-corrected chi connectivity index (χ4v) is 2.71. The maximum absolute atomic E-state index is 12.6. The lowest BCUT2D eigenvalue weighted by molar-refractivity contribution is 0.365. The number of pyridine rings is 1. The van der Waals surface area contributed by atoms with Crippen molar-refractivity contribution in [2.75, 3.05) is 0 Å². The highest BCUT2D eigenvalue weighted by Crippen LogP contribution is 2.20. The van der Waals surface area contributed by atoms with Crippen LogP contribution in [0.1, 0.15) is 26.5 Å². The summed E-state index contributed by atoms with van der Waals surface area (Å²) in [7, 11) is 0. The fraction of sp³-hybridized carbons (Fsp3) is 0.333. The summed E-state index contributed by atoms with van der Waals surface area (Å²) in [5.41, 5.74) is 0.684. The normalized spacial score (nSPS) is 12.0. The van der Waals surface area contributed by atoms with E-state index in [0.29, 0.717) is 26.8 Å². The summed E-state index contributed by atoms with van der Waals surface area (Å²) < 4.78 is 3.20. The zero-order valence-electron chi connectivity index (χ0n) is 12.9. The van der Waals surface area contributed by atoms with Gasteiger partial charge in [0.05, 0.1) is 34.0 Å². The molecule has 0 aliphatic carbocycles. The maximum atomic E-state index is 12.6. The van der Waals surface area contributed by atoms with Gasteiger partial charge in [-0.3, -0.25) is 14.3 Å². The lowest BCUT2D eigenvalue weighted by atomic mass is 10.1. The molecule has 0 unspecified atom stereocenters. The number of rotatable bonds is 2. The molecule has 0 bridgehead atoms. The van der Waals surface area contributed by atoms with Crippen molar-refractivity contribution in [3.05, 3.63) is 50.9 Å². The zero-order chi connectivity index (χ0) is 16.8. The first-order chi connectivity index (χ1) is 10.8. The highest BCUT2D eigenvalue weighted by molar-refractivity contribution is 6.34. The van der Waals surface area contributed by atoms with Gasteiger partial charge in [-0.1, -0.05) is 23.2 Å². The Hall–Kier alpha value is -1.92. The van der Waals surface area contributed by atoms with Gasteiger partial charge in [0, 0.05) is 6.20 Å². The first-order valence-corrected chi connectivity index (χ1v) is 7.76. The number of hydrogen-bond donors (Lipinski definition) is 0. The van der Waals surface area contributed by atoms with E-state index in [-0.39, 0.29) is 17.6 Å². The molecule has 0 fully saturated rings. The second kappa shape index (κ2) is 5.62. The van der Waals surface area contributed by atoms with E-state index in [1.165, 1.54) is 17.1 Å². The minimum absolute atomic E-state index is 0.182. The Bertz CT molecular complexity index is 939. The molecule has 3 heterocycles. The van der Waals surface area contributed by atoms with Gasteiger partial charge in [-0.2, -0.15) is 5.10 Å². The molecular weight excluding hydrogens is 337 g/mol. The molecule has 0 amide bonds. The standard InChI is InChI=1S/C15H15Cl2N5O/c1-15(2,3)22-13-10(6-20-22)14(23)21(8-19-13)7-12-11(17)4-9(16)5-18-12/h4-6,8H,7H2,1-3H3. The van der Waals surface area contributed by atoms with Crippen molar-refractivity contribution in [2.45, 2.75) is 32.9 Å². The van der Waals surface area contributed by atoms with Crippen molar-refractivity contribution in [1.82, 2.24) is 24.3 Å². The molecule has 3 aromatic heterocycles. The van der Waals surface area contributed by atoms with E-state index in [1.807, 2.05) is 20.8 Å². The average molecular weight is 352 g/mol. The van der Waals surface area contributed by atoms with Crippen molar-refractivity contribution in [2.24, 2.45) is 0 Å². The van der Waals surface area contributed by atoms with Crippen LogP contribution in [0.3, 0.4) is 0 Å². The lowest BCUT2D eigenvalue weighted by Gasteiger charge is -2.19. The predicted molar refractivity (Wildman–Crippen MR) is 90.1 cm³/mol. The Kier molecular flexibility index (Phi) is 3.90. The third-order valence-electron chi connectivity index (χ3n) is 3.39. The van der Waals surface area contributed by atoms with E-state index >= 15 is 0 Å². The number of fused-ring (bicyclic) bond motifs is 1. The van der Waals surface area contributed by atoms with Gasteiger partial charge in [0.1, 0.15) is 11.7 Å². The van der Waals surface area contributed by atoms with Crippen LogP contribution in [-0.4, -0.2) is 24.3 Å². The number of nitrogens with zero attached hydrogens (tertiary/aromatic N) is 5. The van der Waals surface area contributed by atoms with E-state index in [2.05, 4.69) is 15.1 Å². The lowest BCUT2D eigenvalue weighted by Crippen LogP contribution is -2.25. The van der Waals surface area contributed by atoms with Crippen LogP contribution in [0.25, 0.3) is 11.0 Å². The third kappa shape index (κ3) is 2.96. The summed E-state index contributed by atoms with van der Waals surface area (Å²) in [4.78, 5) is 21.2.